The summed E-state index contributed by atoms with van der Waals surface area (Å²) >= 11 is 0. The highest BCUT2D eigenvalue weighted by Crippen LogP contribution is 2.45. The molecule has 3 N–H and O–H groups in total. The van der Waals surface area contributed by atoms with Crippen LogP contribution in [0.1, 0.15) is 421 Å². The first-order valence-corrected chi connectivity index (χ1v) is 44.9. The summed E-state index contributed by atoms with van der Waals surface area (Å²) in [6.07, 6.45) is 59.8. The second kappa shape index (κ2) is 71.3. The fourth-order valence-corrected chi connectivity index (χ4v) is 14.0. The van der Waals surface area contributed by atoms with Gasteiger partial charge in [-0.3, -0.25) is 37.3 Å². The van der Waals surface area contributed by atoms with E-state index in [1.165, 1.54) is 225 Å². The Labute approximate surface area is 613 Å². The van der Waals surface area contributed by atoms with Gasteiger partial charge >= 0.3 is 39.5 Å². The van der Waals surface area contributed by atoms with E-state index in [-0.39, 0.29) is 25.7 Å². The maximum atomic E-state index is 13.1. The van der Waals surface area contributed by atoms with Gasteiger partial charge in [0.25, 0.3) is 0 Å². The molecule has 6 atom stereocenters. The monoisotopic (exact) mass is 1470 g/mol. The molecule has 0 aromatic rings. The Kier molecular flexibility index (Phi) is 69.9. The Morgan fingerprint density at radius 3 is 0.760 bits per heavy atom. The third-order valence-corrected chi connectivity index (χ3v) is 21.1. The molecule has 594 valence electrons. The summed E-state index contributed by atoms with van der Waals surface area (Å²) in [5, 5.41) is 10.6. The van der Waals surface area contributed by atoms with E-state index >= 15 is 0 Å². The Balaban J connectivity index is 5.23. The first kappa shape index (κ1) is 98.1. The van der Waals surface area contributed by atoms with Gasteiger partial charge in [0.2, 0.25) is 0 Å². The molecule has 3 unspecified atom stereocenters. The number of aliphatic hydroxyl groups is 1. The van der Waals surface area contributed by atoms with Crippen LogP contribution in [0.4, 0.5) is 0 Å². The van der Waals surface area contributed by atoms with Crippen LogP contribution >= 0.6 is 15.6 Å². The van der Waals surface area contributed by atoms with Crippen molar-refractivity contribution in [2.75, 3.05) is 39.6 Å². The topological polar surface area (TPSA) is 237 Å². The van der Waals surface area contributed by atoms with Crippen LogP contribution in [0.15, 0.2) is 0 Å². The first-order chi connectivity index (χ1) is 48.3. The molecule has 0 heterocycles. The minimum Gasteiger partial charge on any atom is -0.462 e. The van der Waals surface area contributed by atoms with E-state index in [1.54, 1.807) is 0 Å². The van der Waals surface area contributed by atoms with Crippen molar-refractivity contribution in [2.24, 2.45) is 17.8 Å². The van der Waals surface area contributed by atoms with Gasteiger partial charge in [0.05, 0.1) is 26.4 Å². The van der Waals surface area contributed by atoms with Crippen molar-refractivity contribution < 1.29 is 80.2 Å². The average Bonchev–Trinajstić information content (AvgIpc) is 0.984. The van der Waals surface area contributed by atoms with Crippen LogP contribution in [-0.2, 0) is 65.4 Å². The fourth-order valence-electron chi connectivity index (χ4n) is 12.5. The zero-order chi connectivity index (χ0) is 73.7. The Bertz CT molecular complexity index is 1940. The minimum atomic E-state index is -4.96. The molecule has 0 saturated carbocycles. The SMILES string of the molecule is CCCCCCCCCCCCCCCCCCCCCCCC(=O)O[C@H](COC(=O)CCCCCCCCCCCCCCCC(C)C)COP(=O)(O)OC[C@@H](O)COP(=O)(O)OC[C@@H](COC(=O)CCCCCCCCC(C)CC)OC(=O)CCCCCCCCCCCCC(C)C. The molecule has 17 nitrogen and oxygen atoms in total. The molecule has 0 saturated heterocycles. The molecule has 19 heteroatoms. The highest BCUT2D eigenvalue weighted by Gasteiger charge is 2.30. The molecular formula is C81H158O17P2. The molecule has 0 aromatic carbocycles. The highest BCUT2D eigenvalue weighted by atomic mass is 31.2. The van der Waals surface area contributed by atoms with Gasteiger partial charge < -0.3 is 33.8 Å². The number of carbonyl (C=O) groups is 4. The number of aliphatic hydroxyl groups excluding tert-OH is 1. The Morgan fingerprint density at radius 2 is 0.510 bits per heavy atom. The fraction of sp³-hybridized carbons (Fsp3) is 0.951. The molecule has 0 aromatic heterocycles. The largest absolute Gasteiger partial charge is 0.472 e. The van der Waals surface area contributed by atoms with Crippen LogP contribution in [0.3, 0.4) is 0 Å². The standard InChI is InChI=1S/C81H158O17P2/c1-8-10-11-12-13-14-15-16-17-18-19-20-21-22-23-26-30-36-41-50-57-64-80(85)97-76(68-91-78(83)62-55-48-40-35-29-27-24-25-28-33-38-45-52-59-72(3)4)70-95-99(87,88)93-66-75(82)67-94-100(89,90)96-71-77(69-92-79(84)63-56-49-44-43-47-54-61-74(7)9-2)98-81(86)65-58-51-42-37-32-31-34-39-46-53-60-73(5)6/h72-77,82H,8-71H2,1-7H3,(H,87,88)(H,89,90)/t74?,75-,76-,77-/m1/s1. The lowest BCUT2D eigenvalue weighted by atomic mass is 10.00. The van der Waals surface area contributed by atoms with Crippen molar-refractivity contribution >= 4 is 39.5 Å². The van der Waals surface area contributed by atoms with Crippen LogP contribution in [0, 0.1) is 17.8 Å². The summed E-state index contributed by atoms with van der Waals surface area (Å²) in [7, 11) is -9.92. The number of esters is 4. The summed E-state index contributed by atoms with van der Waals surface area (Å²) in [5.74, 6) is 0.160. The van der Waals surface area contributed by atoms with Crippen molar-refractivity contribution in [3.8, 4) is 0 Å². The number of carbonyl (C=O) groups excluding carboxylic acids is 4. The maximum absolute atomic E-state index is 13.1. The van der Waals surface area contributed by atoms with Crippen molar-refractivity contribution in [2.45, 2.75) is 439 Å². The summed E-state index contributed by atoms with van der Waals surface area (Å²) in [6.45, 7) is 11.9. The molecular weight excluding hydrogens is 1310 g/mol. The number of unbranched alkanes of at least 4 members (excludes halogenated alkanes) is 46. The third-order valence-electron chi connectivity index (χ3n) is 19.2. The van der Waals surface area contributed by atoms with Gasteiger partial charge in [-0.1, -0.05) is 370 Å². The maximum Gasteiger partial charge on any atom is 0.472 e. The van der Waals surface area contributed by atoms with Gasteiger partial charge in [-0.25, -0.2) is 9.13 Å². The van der Waals surface area contributed by atoms with Crippen molar-refractivity contribution in [1.29, 1.82) is 0 Å². The molecule has 0 fully saturated rings. The molecule has 100 heavy (non-hydrogen) atoms. The zero-order valence-corrected chi connectivity index (χ0v) is 67.5. The first-order valence-electron chi connectivity index (χ1n) is 41.9. The predicted octanol–water partition coefficient (Wildman–Crippen LogP) is 24.1. The van der Waals surface area contributed by atoms with Gasteiger partial charge in [0.1, 0.15) is 19.3 Å². The smallest absolute Gasteiger partial charge is 0.462 e. The van der Waals surface area contributed by atoms with Crippen molar-refractivity contribution in [3.63, 3.8) is 0 Å². The second-order valence-electron chi connectivity index (χ2n) is 30.4. The van der Waals surface area contributed by atoms with Crippen LogP contribution in [0.2, 0.25) is 0 Å². The number of phosphoric ester groups is 2. The summed E-state index contributed by atoms with van der Waals surface area (Å²) in [4.78, 5) is 73.0. The highest BCUT2D eigenvalue weighted by molar-refractivity contribution is 7.47. The summed E-state index contributed by atoms with van der Waals surface area (Å²) < 4.78 is 68.7. The summed E-state index contributed by atoms with van der Waals surface area (Å²) in [6, 6.07) is 0. The normalized spacial score (nSPS) is 14.2. The number of phosphoric acid groups is 2. The molecule has 0 aliphatic heterocycles. The molecule has 0 bridgehead atoms. The van der Waals surface area contributed by atoms with E-state index in [1.807, 2.05) is 0 Å². The minimum absolute atomic E-state index is 0.105. The van der Waals surface area contributed by atoms with Gasteiger partial charge in [-0.2, -0.15) is 0 Å². The van der Waals surface area contributed by atoms with Gasteiger partial charge in [-0.15, -0.1) is 0 Å². The number of rotatable bonds is 79. The third kappa shape index (κ3) is 73.0. The van der Waals surface area contributed by atoms with E-state index in [2.05, 4.69) is 48.5 Å². The number of hydrogen-bond donors (Lipinski definition) is 3. The second-order valence-corrected chi connectivity index (χ2v) is 33.3. The quantitative estimate of drug-likeness (QED) is 0.0222. The van der Waals surface area contributed by atoms with E-state index in [4.69, 9.17) is 37.0 Å². The van der Waals surface area contributed by atoms with Gasteiger partial charge in [0.15, 0.2) is 12.2 Å². The van der Waals surface area contributed by atoms with Crippen LogP contribution in [-0.4, -0.2) is 96.7 Å². The Hall–Kier alpha value is -1.94. The lowest BCUT2D eigenvalue weighted by Crippen LogP contribution is -2.30. The van der Waals surface area contributed by atoms with E-state index in [0.29, 0.717) is 25.7 Å². The molecule has 0 amide bonds. The van der Waals surface area contributed by atoms with Crippen LogP contribution in [0.25, 0.3) is 0 Å². The van der Waals surface area contributed by atoms with E-state index < -0.39 is 97.5 Å². The lowest BCUT2D eigenvalue weighted by molar-refractivity contribution is -0.161. The van der Waals surface area contributed by atoms with E-state index in [9.17, 15) is 43.2 Å². The average molecular weight is 1470 g/mol. The molecule has 0 aliphatic rings. The van der Waals surface area contributed by atoms with Gasteiger partial charge in [-0.05, 0) is 43.4 Å². The zero-order valence-electron chi connectivity index (χ0n) is 65.7. The van der Waals surface area contributed by atoms with E-state index in [0.717, 1.165) is 114 Å². The molecule has 0 rings (SSSR count). The molecule has 0 radical (unpaired) electrons. The van der Waals surface area contributed by atoms with Gasteiger partial charge in [0, 0.05) is 25.7 Å². The summed E-state index contributed by atoms with van der Waals surface area (Å²) in [5.41, 5.74) is 0. The molecule has 0 spiro atoms. The number of hydrogen-bond acceptors (Lipinski definition) is 15. The van der Waals surface area contributed by atoms with Crippen molar-refractivity contribution in [1.82, 2.24) is 0 Å². The number of ether oxygens (including phenoxy) is 4. The van der Waals surface area contributed by atoms with Crippen molar-refractivity contribution in [3.05, 3.63) is 0 Å². The van der Waals surface area contributed by atoms with Crippen LogP contribution < -0.4 is 0 Å². The predicted molar refractivity (Wildman–Crippen MR) is 409 cm³/mol. The lowest BCUT2D eigenvalue weighted by Gasteiger charge is -2.21. The Morgan fingerprint density at radius 1 is 0.290 bits per heavy atom. The molecule has 0 aliphatic carbocycles. The van der Waals surface area contributed by atoms with Crippen LogP contribution in [0.5, 0.6) is 0 Å².